The minimum Gasteiger partial charge on any atom is -0.322 e. The van der Waals surface area contributed by atoms with Crippen molar-refractivity contribution in [2.75, 3.05) is 26.2 Å². The molecular weight excluding hydrogens is 190 g/mol. The van der Waals surface area contributed by atoms with E-state index in [1.165, 1.54) is 25.7 Å². The predicted molar refractivity (Wildman–Crippen MR) is 57.7 cm³/mol. The largest absolute Gasteiger partial charge is 0.322 e. The maximum Gasteiger partial charge on any atom is 0.320 e. The van der Waals surface area contributed by atoms with E-state index < -0.39 is 0 Å². The average molecular weight is 209 g/mol. The average Bonchev–Trinajstić information content (AvgIpc) is 2.89. The summed E-state index contributed by atoms with van der Waals surface area (Å²) < 4.78 is 0. The van der Waals surface area contributed by atoms with E-state index in [9.17, 15) is 4.79 Å². The fraction of sp³-hybridized carbons (Fsp3) is 0.909. The lowest BCUT2D eigenvalue weighted by Crippen LogP contribution is -2.52. The third kappa shape index (κ3) is 1.51. The summed E-state index contributed by atoms with van der Waals surface area (Å²) in [5.41, 5.74) is 0. The smallest absolute Gasteiger partial charge is 0.320 e. The number of rotatable bonds is 0. The summed E-state index contributed by atoms with van der Waals surface area (Å²) in [6.45, 7) is 3.67. The summed E-state index contributed by atoms with van der Waals surface area (Å²) in [6, 6.07) is 1.44. The Kier molecular flexibility index (Phi) is 2.31. The molecule has 0 spiro atoms. The molecule has 3 saturated heterocycles. The summed E-state index contributed by atoms with van der Waals surface area (Å²) in [5.74, 6) is 0. The molecule has 3 rings (SSSR count). The molecule has 2 bridgehead atoms. The van der Waals surface area contributed by atoms with Gasteiger partial charge in [0.15, 0.2) is 0 Å². The maximum atomic E-state index is 12.3. The second-order valence-electron chi connectivity index (χ2n) is 4.89. The molecule has 0 aromatic carbocycles. The molecular formula is C11H19N3O. The Bertz CT molecular complexity index is 243. The summed E-state index contributed by atoms with van der Waals surface area (Å²) >= 11 is 0. The molecule has 4 heteroatoms. The molecule has 84 valence electrons. The minimum atomic E-state index is 0.307. The van der Waals surface area contributed by atoms with Crippen LogP contribution in [0.4, 0.5) is 4.79 Å². The van der Waals surface area contributed by atoms with Gasteiger partial charge in [0.25, 0.3) is 0 Å². The number of hydrogen-bond acceptors (Lipinski definition) is 2. The first kappa shape index (κ1) is 9.46. The fourth-order valence-corrected chi connectivity index (χ4v) is 3.24. The molecule has 3 aliphatic rings. The Labute approximate surface area is 90.6 Å². The Morgan fingerprint density at radius 1 is 1.00 bits per heavy atom. The Balaban J connectivity index is 1.68. The van der Waals surface area contributed by atoms with Gasteiger partial charge >= 0.3 is 6.03 Å². The van der Waals surface area contributed by atoms with E-state index in [0.717, 1.165) is 26.2 Å². The van der Waals surface area contributed by atoms with Crippen molar-refractivity contribution in [1.82, 2.24) is 15.1 Å². The number of hydrogen-bond donors (Lipinski definition) is 1. The van der Waals surface area contributed by atoms with Gasteiger partial charge in [-0.15, -0.1) is 0 Å². The Morgan fingerprint density at radius 3 is 2.07 bits per heavy atom. The van der Waals surface area contributed by atoms with Gasteiger partial charge < -0.3 is 15.1 Å². The molecule has 0 aliphatic carbocycles. The highest BCUT2D eigenvalue weighted by atomic mass is 16.2. The molecule has 0 radical (unpaired) electrons. The maximum absolute atomic E-state index is 12.3. The Hall–Kier alpha value is -0.770. The van der Waals surface area contributed by atoms with E-state index in [4.69, 9.17) is 0 Å². The highest BCUT2D eigenvalue weighted by Crippen LogP contribution is 2.37. The first-order valence-corrected chi connectivity index (χ1v) is 6.14. The van der Waals surface area contributed by atoms with Crippen LogP contribution in [0.2, 0.25) is 0 Å². The van der Waals surface area contributed by atoms with Gasteiger partial charge in [-0.3, -0.25) is 0 Å². The molecule has 4 nitrogen and oxygen atoms in total. The Morgan fingerprint density at radius 2 is 1.53 bits per heavy atom. The lowest BCUT2D eigenvalue weighted by molar-refractivity contribution is 0.141. The lowest BCUT2D eigenvalue weighted by Gasteiger charge is -2.33. The summed E-state index contributed by atoms with van der Waals surface area (Å²) in [4.78, 5) is 16.5. The highest BCUT2D eigenvalue weighted by molar-refractivity contribution is 5.76. The van der Waals surface area contributed by atoms with E-state index in [1.54, 1.807) is 0 Å². The lowest BCUT2D eigenvalue weighted by atomic mass is 10.0. The van der Waals surface area contributed by atoms with Crippen molar-refractivity contribution < 1.29 is 4.79 Å². The van der Waals surface area contributed by atoms with Gasteiger partial charge in [-0.05, 0) is 25.7 Å². The van der Waals surface area contributed by atoms with Gasteiger partial charge in [0.1, 0.15) is 0 Å². The van der Waals surface area contributed by atoms with Crippen LogP contribution in [0.3, 0.4) is 0 Å². The van der Waals surface area contributed by atoms with Crippen molar-refractivity contribution in [2.24, 2.45) is 0 Å². The van der Waals surface area contributed by atoms with Crippen LogP contribution in [0.1, 0.15) is 25.7 Å². The van der Waals surface area contributed by atoms with Gasteiger partial charge in [0.2, 0.25) is 0 Å². The molecule has 3 heterocycles. The molecule has 3 aliphatic heterocycles. The molecule has 0 saturated carbocycles. The summed E-state index contributed by atoms with van der Waals surface area (Å²) in [7, 11) is 0. The van der Waals surface area contributed by atoms with Crippen LogP contribution < -0.4 is 5.32 Å². The first-order chi connectivity index (χ1) is 7.36. The number of carbonyl (C=O) groups excluding carboxylic acids is 1. The molecule has 1 N–H and O–H groups in total. The van der Waals surface area contributed by atoms with Crippen molar-refractivity contribution in [2.45, 2.75) is 37.8 Å². The first-order valence-electron chi connectivity index (χ1n) is 6.14. The minimum absolute atomic E-state index is 0.307. The van der Waals surface area contributed by atoms with Crippen LogP contribution in [-0.4, -0.2) is 54.1 Å². The quantitative estimate of drug-likeness (QED) is 0.635. The standard InChI is InChI=1S/C11H19N3O/c15-11(13-7-5-12-6-8-13)14-9-1-2-10(14)4-3-9/h9-10,12H,1-8H2. The van der Waals surface area contributed by atoms with Crippen LogP contribution in [0.25, 0.3) is 0 Å². The van der Waals surface area contributed by atoms with Crippen LogP contribution in [0.15, 0.2) is 0 Å². The molecule has 2 amide bonds. The number of piperazine rings is 1. The highest BCUT2D eigenvalue weighted by Gasteiger charge is 2.43. The number of fused-ring (bicyclic) bond motifs is 2. The fourth-order valence-electron chi connectivity index (χ4n) is 3.24. The van der Waals surface area contributed by atoms with E-state index in [1.807, 2.05) is 4.90 Å². The van der Waals surface area contributed by atoms with E-state index in [-0.39, 0.29) is 0 Å². The van der Waals surface area contributed by atoms with Gasteiger partial charge in [0, 0.05) is 38.3 Å². The molecule has 0 unspecified atom stereocenters. The van der Waals surface area contributed by atoms with Crippen molar-refractivity contribution >= 4 is 6.03 Å². The third-order valence-corrected chi connectivity index (χ3v) is 4.06. The molecule has 15 heavy (non-hydrogen) atoms. The zero-order valence-electron chi connectivity index (χ0n) is 9.11. The topological polar surface area (TPSA) is 35.6 Å². The molecule has 0 aromatic heterocycles. The molecule has 3 fully saturated rings. The van der Waals surface area contributed by atoms with Crippen LogP contribution >= 0.6 is 0 Å². The van der Waals surface area contributed by atoms with Gasteiger partial charge in [-0.1, -0.05) is 0 Å². The number of nitrogens with one attached hydrogen (secondary N) is 1. The number of amides is 2. The van der Waals surface area contributed by atoms with Crippen LogP contribution in [0, 0.1) is 0 Å². The third-order valence-electron chi connectivity index (χ3n) is 4.06. The van der Waals surface area contributed by atoms with Gasteiger partial charge in [-0.2, -0.15) is 0 Å². The number of carbonyl (C=O) groups is 1. The number of urea groups is 1. The normalized spacial score (nSPS) is 34.9. The van der Waals surface area contributed by atoms with Crippen molar-refractivity contribution in [3.63, 3.8) is 0 Å². The SMILES string of the molecule is O=C(N1CCNCC1)N1C2CCC1CC2. The van der Waals surface area contributed by atoms with Crippen LogP contribution in [0.5, 0.6) is 0 Å². The van der Waals surface area contributed by atoms with Crippen molar-refractivity contribution in [3.8, 4) is 0 Å². The molecule has 0 atom stereocenters. The second kappa shape index (κ2) is 3.67. The molecule has 0 aromatic rings. The zero-order valence-corrected chi connectivity index (χ0v) is 9.11. The van der Waals surface area contributed by atoms with Crippen molar-refractivity contribution in [3.05, 3.63) is 0 Å². The summed E-state index contributed by atoms with van der Waals surface area (Å²) in [5, 5.41) is 3.29. The van der Waals surface area contributed by atoms with Gasteiger partial charge in [-0.25, -0.2) is 4.79 Å². The zero-order chi connectivity index (χ0) is 10.3. The monoisotopic (exact) mass is 209 g/mol. The number of nitrogens with zero attached hydrogens (tertiary/aromatic N) is 2. The van der Waals surface area contributed by atoms with E-state index in [0.29, 0.717) is 18.1 Å². The van der Waals surface area contributed by atoms with Crippen LogP contribution in [-0.2, 0) is 0 Å². The van der Waals surface area contributed by atoms with E-state index >= 15 is 0 Å². The second-order valence-corrected chi connectivity index (χ2v) is 4.89. The van der Waals surface area contributed by atoms with E-state index in [2.05, 4.69) is 10.2 Å². The van der Waals surface area contributed by atoms with Gasteiger partial charge in [0.05, 0.1) is 0 Å². The summed E-state index contributed by atoms with van der Waals surface area (Å²) in [6.07, 6.45) is 4.95. The van der Waals surface area contributed by atoms with Crippen molar-refractivity contribution in [1.29, 1.82) is 0 Å². The predicted octanol–water partition coefficient (Wildman–Crippen LogP) is 0.638.